The Bertz CT molecular complexity index is 1270. The van der Waals surface area contributed by atoms with Crippen LogP contribution in [0.25, 0.3) is 0 Å². The van der Waals surface area contributed by atoms with Crippen LogP contribution >= 0.6 is 11.3 Å². The van der Waals surface area contributed by atoms with Crippen molar-refractivity contribution in [1.29, 1.82) is 0 Å². The van der Waals surface area contributed by atoms with Gasteiger partial charge in [-0.2, -0.15) is 13.8 Å². The quantitative estimate of drug-likeness (QED) is 0.468. The molecule has 1 fully saturated rings. The number of nitrogens with zero attached hydrogens (tertiary/aromatic N) is 4. The van der Waals surface area contributed by atoms with E-state index in [9.17, 15) is 9.90 Å². The molecule has 4 atom stereocenters. The summed E-state index contributed by atoms with van der Waals surface area (Å²) in [5.74, 6) is -3.78. The van der Waals surface area contributed by atoms with E-state index in [4.69, 9.17) is 15.5 Å². The lowest BCUT2D eigenvalue weighted by Crippen LogP contribution is -2.45. The summed E-state index contributed by atoms with van der Waals surface area (Å²) in [6.45, 7) is 3.24. The highest BCUT2D eigenvalue weighted by atomic mass is 32.1. The zero-order chi connectivity index (χ0) is 24.7. The Labute approximate surface area is 204 Å². The summed E-state index contributed by atoms with van der Waals surface area (Å²) in [7, 11) is 0. The largest absolute Gasteiger partial charge is 0.384 e. The molecule has 1 saturated heterocycles. The number of thiazole rings is 1. The van der Waals surface area contributed by atoms with E-state index in [1.807, 2.05) is 35.4 Å². The van der Waals surface area contributed by atoms with Crippen molar-refractivity contribution >= 4 is 22.3 Å². The highest BCUT2D eigenvalue weighted by Crippen LogP contribution is 2.44. The molecule has 1 unspecified atom stereocenters. The second kappa shape index (κ2) is 9.26. The molecule has 4 N–H and O–H groups in total. The van der Waals surface area contributed by atoms with Gasteiger partial charge in [-0.25, -0.2) is 9.78 Å². The van der Waals surface area contributed by atoms with Crippen LogP contribution in [0, 0.1) is 0 Å². The van der Waals surface area contributed by atoms with E-state index in [-0.39, 0.29) is 18.4 Å². The van der Waals surface area contributed by atoms with Crippen LogP contribution < -0.4 is 16.7 Å². The lowest BCUT2D eigenvalue weighted by molar-refractivity contribution is -0.140. The van der Waals surface area contributed by atoms with Crippen molar-refractivity contribution in [3.8, 4) is 0 Å². The van der Waals surface area contributed by atoms with E-state index in [1.54, 1.807) is 0 Å². The van der Waals surface area contributed by atoms with Gasteiger partial charge in [-0.1, -0.05) is 24.3 Å². The summed E-state index contributed by atoms with van der Waals surface area (Å²) in [5, 5.41) is 16.5. The summed E-state index contributed by atoms with van der Waals surface area (Å²) in [4.78, 5) is 22.4. The molecule has 9 nitrogen and oxygen atoms in total. The monoisotopic (exact) mass is 504 g/mol. The van der Waals surface area contributed by atoms with Gasteiger partial charge >= 0.3 is 11.6 Å². The summed E-state index contributed by atoms with van der Waals surface area (Å²) in [6.07, 6.45) is -3.58. The van der Waals surface area contributed by atoms with Crippen LogP contribution in [0.15, 0.2) is 46.7 Å². The van der Waals surface area contributed by atoms with Gasteiger partial charge in [0.2, 0.25) is 6.23 Å². The first kappa shape index (κ1) is 23.8. The number of hydrogen-bond acceptors (Lipinski definition) is 9. The normalized spacial score (nSPS) is 25.9. The smallest absolute Gasteiger partial charge is 0.351 e. The molecule has 2 aliphatic rings. The Kier molecular flexibility index (Phi) is 6.30. The van der Waals surface area contributed by atoms with Crippen molar-refractivity contribution < 1.29 is 18.6 Å². The Balaban J connectivity index is 1.43. The first-order chi connectivity index (χ1) is 16.8. The summed E-state index contributed by atoms with van der Waals surface area (Å²) < 4.78 is 36.5. The number of benzene rings is 1. The molecule has 0 bridgehead atoms. The number of aliphatic hydroxyl groups excluding tert-OH is 1. The number of anilines is 2. The number of fused-ring (bicyclic) bond motifs is 1. The fourth-order valence-corrected chi connectivity index (χ4v) is 5.51. The highest BCUT2D eigenvalue weighted by molar-refractivity contribution is 7.13. The first-order valence-corrected chi connectivity index (χ1v) is 12.2. The SMILES string of the molecule is CCNc1nc(C2Cc3ccccc3CN2C[C@H]2O[C@@H](n3ccc(N)nc3=O)C(F)(F)[C@@H]2O)cs1. The molecule has 186 valence electrons. The highest BCUT2D eigenvalue weighted by Gasteiger charge is 2.60. The Morgan fingerprint density at radius 1 is 1.29 bits per heavy atom. The van der Waals surface area contributed by atoms with Crippen LogP contribution in [0.5, 0.6) is 0 Å². The molecule has 12 heteroatoms. The van der Waals surface area contributed by atoms with Gasteiger partial charge in [0.15, 0.2) is 5.13 Å². The molecule has 0 radical (unpaired) electrons. The van der Waals surface area contributed by atoms with Crippen molar-refractivity contribution in [2.24, 2.45) is 0 Å². The number of alkyl halides is 2. The van der Waals surface area contributed by atoms with Crippen LogP contribution in [0.2, 0.25) is 0 Å². The zero-order valence-corrected chi connectivity index (χ0v) is 19.8. The number of nitrogens with two attached hydrogens (primary N) is 1. The Morgan fingerprint density at radius 2 is 2.06 bits per heavy atom. The summed E-state index contributed by atoms with van der Waals surface area (Å²) in [5.41, 5.74) is 7.60. The number of rotatable bonds is 6. The van der Waals surface area contributed by atoms with Crippen LogP contribution in [0.4, 0.5) is 19.7 Å². The molecule has 5 rings (SSSR count). The number of halogens is 2. The summed E-state index contributed by atoms with van der Waals surface area (Å²) in [6, 6.07) is 9.04. The number of ether oxygens (including phenoxy) is 1. The standard InChI is InChI=1S/C23H26F2N6O3S/c1-2-27-21-28-15(12-35-21)16-9-13-5-3-4-6-14(13)10-30(16)11-17-19(32)23(24,25)20(34-17)31-8-7-18(26)29-22(31)33/h3-8,12,16-17,19-20,32H,2,9-11H2,1H3,(H,27,28)(H2,26,29,33)/t16?,17-,19-,20-/m1/s1. The minimum absolute atomic E-state index is 0.0253. The van der Waals surface area contributed by atoms with Gasteiger partial charge in [-0.3, -0.25) is 9.47 Å². The van der Waals surface area contributed by atoms with Gasteiger partial charge < -0.3 is 20.9 Å². The predicted octanol–water partition coefficient (Wildman–Crippen LogP) is 2.41. The van der Waals surface area contributed by atoms with Crippen molar-refractivity contribution in [3.63, 3.8) is 0 Å². The maximum absolute atomic E-state index is 15.1. The molecule has 0 spiro atoms. The zero-order valence-electron chi connectivity index (χ0n) is 19.0. The lowest BCUT2D eigenvalue weighted by Gasteiger charge is -2.37. The number of nitrogen functional groups attached to an aromatic ring is 1. The molecular weight excluding hydrogens is 478 g/mol. The van der Waals surface area contributed by atoms with Crippen molar-refractivity contribution in [2.45, 2.75) is 50.3 Å². The van der Waals surface area contributed by atoms with Gasteiger partial charge in [0.1, 0.15) is 18.0 Å². The second-order valence-corrected chi connectivity index (χ2v) is 9.57. The topological polar surface area (TPSA) is 119 Å². The van der Waals surface area contributed by atoms with Gasteiger partial charge in [0.25, 0.3) is 0 Å². The minimum Gasteiger partial charge on any atom is -0.384 e. The lowest BCUT2D eigenvalue weighted by atomic mass is 9.92. The average Bonchev–Trinajstić information content (AvgIpc) is 3.37. The predicted molar refractivity (Wildman–Crippen MR) is 127 cm³/mol. The molecule has 2 aromatic heterocycles. The molecule has 1 aromatic carbocycles. The maximum Gasteiger partial charge on any atom is 0.351 e. The third kappa shape index (κ3) is 4.42. The molecule has 3 aromatic rings. The third-order valence-electron chi connectivity index (χ3n) is 6.44. The third-order valence-corrected chi connectivity index (χ3v) is 7.25. The molecule has 0 aliphatic carbocycles. The summed E-state index contributed by atoms with van der Waals surface area (Å²) >= 11 is 1.49. The van der Waals surface area contributed by atoms with Gasteiger partial charge in [-0.15, -0.1) is 11.3 Å². The van der Waals surface area contributed by atoms with E-state index < -0.39 is 30.0 Å². The van der Waals surface area contributed by atoms with Crippen molar-refractivity contribution in [3.05, 3.63) is 69.2 Å². The number of hydrogen-bond donors (Lipinski definition) is 3. The number of aromatic nitrogens is 3. The fourth-order valence-electron chi connectivity index (χ4n) is 4.69. The van der Waals surface area contributed by atoms with Gasteiger partial charge in [0.05, 0.1) is 11.7 Å². The first-order valence-electron chi connectivity index (χ1n) is 11.3. The van der Waals surface area contributed by atoms with E-state index in [0.717, 1.165) is 29.1 Å². The molecular formula is C23H26F2N6O3S. The van der Waals surface area contributed by atoms with E-state index in [0.29, 0.717) is 17.5 Å². The van der Waals surface area contributed by atoms with Crippen LogP contribution in [0.3, 0.4) is 0 Å². The average molecular weight is 505 g/mol. The van der Waals surface area contributed by atoms with Gasteiger partial charge in [0, 0.05) is 31.2 Å². The maximum atomic E-state index is 15.1. The minimum atomic E-state index is -3.70. The molecule has 0 saturated carbocycles. The van der Waals surface area contributed by atoms with Crippen molar-refractivity contribution in [1.82, 2.24) is 19.4 Å². The molecule has 4 heterocycles. The van der Waals surface area contributed by atoms with E-state index >= 15 is 8.78 Å². The Morgan fingerprint density at radius 3 is 2.80 bits per heavy atom. The van der Waals surface area contributed by atoms with Gasteiger partial charge in [-0.05, 0) is 30.5 Å². The van der Waals surface area contributed by atoms with E-state index in [1.165, 1.54) is 23.0 Å². The van der Waals surface area contributed by atoms with Crippen LogP contribution in [-0.4, -0.2) is 55.8 Å². The van der Waals surface area contributed by atoms with Crippen molar-refractivity contribution in [2.75, 3.05) is 24.1 Å². The second-order valence-electron chi connectivity index (χ2n) is 8.71. The van der Waals surface area contributed by atoms with Crippen LogP contribution in [-0.2, 0) is 17.7 Å². The molecule has 0 amide bonds. The fraction of sp³-hybridized carbons (Fsp3) is 0.435. The Hall–Kier alpha value is -2.93. The van der Waals surface area contributed by atoms with Crippen LogP contribution in [0.1, 0.15) is 36.0 Å². The molecule has 2 aliphatic heterocycles. The number of aliphatic hydroxyl groups is 1. The van der Waals surface area contributed by atoms with E-state index in [2.05, 4.69) is 16.4 Å². The number of nitrogens with one attached hydrogen (secondary N) is 1. The molecule has 35 heavy (non-hydrogen) atoms.